The van der Waals surface area contributed by atoms with Gasteiger partial charge in [0.25, 0.3) is 0 Å². The number of benzene rings is 2. The van der Waals surface area contributed by atoms with Gasteiger partial charge >= 0.3 is 0 Å². The molecule has 0 bridgehead atoms. The fourth-order valence-corrected chi connectivity index (χ4v) is 6.54. The van der Waals surface area contributed by atoms with Crippen molar-refractivity contribution in [1.29, 1.82) is 0 Å². The van der Waals surface area contributed by atoms with E-state index >= 15 is 0 Å². The van der Waals surface area contributed by atoms with Gasteiger partial charge in [0, 0.05) is 31.2 Å². The summed E-state index contributed by atoms with van der Waals surface area (Å²) in [6.45, 7) is 5.79. The molecule has 1 heterocycles. The van der Waals surface area contributed by atoms with Crippen LogP contribution in [0.1, 0.15) is 16.7 Å². The summed E-state index contributed by atoms with van der Waals surface area (Å²) < 4.78 is 54.4. The van der Waals surface area contributed by atoms with Crippen molar-refractivity contribution in [2.24, 2.45) is 0 Å². The summed E-state index contributed by atoms with van der Waals surface area (Å²) >= 11 is 6.08. The van der Waals surface area contributed by atoms with E-state index in [9.17, 15) is 16.8 Å². The topological polar surface area (TPSA) is 74.8 Å². The molecule has 0 N–H and O–H groups in total. The minimum absolute atomic E-state index is 0.106. The second kappa shape index (κ2) is 7.76. The Morgan fingerprint density at radius 1 is 0.750 bits per heavy atom. The van der Waals surface area contributed by atoms with Gasteiger partial charge in [-0.25, -0.2) is 16.8 Å². The van der Waals surface area contributed by atoms with Gasteiger partial charge in [0.15, 0.2) is 0 Å². The molecule has 0 amide bonds. The molecule has 2 aromatic rings. The molecule has 152 valence electrons. The molecule has 1 fully saturated rings. The lowest BCUT2D eigenvalue weighted by molar-refractivity contribution is 0.272. The third-order valence-electron chi connectivity index (χ3n) is 4.93. The van der Waals surface area contributed by atoms with Crippen LogP contribution in [0.25, 0.3) is 0 Å². The van der Waals surface area contributed by atoms with Gasteiger partial charge in [0.1, 0.15) is 0 Å². The van der Waals surface area contributed by atoms with Crippen molar-refractivity contribution in [1.82, 2.24) is 8.61 Å². The van der Waals surface area contributed by atoms with Gasteiger partial charge in [0.05, 0.1) is 9.79 Å². The van der Waals surface area contributed by atoms with Crippen LogP contribution in [0.3, 0.4) is 0 Å². The quantitative estimate of drug-likeness (QED) is 0.729. The highest BCUT2D eigenvalue weighted by Gasteiger charge is 2.34. The average molecular weight is 443 g/mol. The molecule has 0 aromatic heterocycles. The zero-order valence-electron chi connectivity index (χ0n) is 16.0. The van der Waals surface area contributed by atoms with Crippen molar-refractivity contribution in [3.05, 3.63) is 58.1 Å². The molecule has 1 aliphatic heterocycles. The lowest BCUT2D eigenvalue weighted by atomic mass is 10.2. The van der Waals surface area contributed by atoms with E-state index in [1.165, 1.54) is 8.61 Å². The van der Waals surface area contributed by atoms with Crippen LogP contribution in [0.2, 0.25) is 5.02 Å². The molecule has 0 aliphatic carbocycles. The molecule has 2 aromatic carbocycles. The van der Waals surface area contributed by atoms with E-state index in [2.05, 4.69) is 0 Å². The van der Waals surface area contributed by atoms with Gasteiger partial charge in [0.2, 0.25) is 20.0 Å². The zero-order valence-corrected chi connectivity index (χ0v) is 18.4. The van der Waals surface area contributed by atoms with Crippen LogP contribution in [0.5, 0.6) is 0 Å². The van der Waals surface area contributed by atoms with E-state index in [1.807, 2.05) is 6.92 Å². The molecule has 28 heavy (non-hydrogen) atoms. The van der Waals surface area contributed by atoms with Gasteiger partial charge in [-0.3, -0.25) is 0 Å². The largest absolute Gasteiger partial charge is 0.243 e. The van der Waals surface area contributed by atoms with E-state index in [0.29, 0.717) is 16.1 Å². The van der Waals surface area contributed by atoms with Gasteiger partial charge in [-0.15, -0.1) is 0 Å². The van der Waals surface area contributed by atoms with Gasteiger partial charge < -0.3 is 0 Å². The van der Waals surface area contributed by atoms with Crippen LogP contribution in [-0.4, -0.2) is 51.6 Å². The third-order valence-corrected chi connectivity index (χ3v) is 9.29. The minimum Gasteiger partial charge on any atom is -0.207 e. The predicted octanol–water partition coefficient (Wildman–Crippen LogP) is 2.96. The zero-order chi connectivity index (χ0) is 20.7. The highest BCUT2D eigenvalue weighted by molar-refractivity contribution is 7.89. The lowest BCUT2D eigenvalue weighted by Gasteiger charge is -2.33. The second-order valence-electron chi connectivity index (χ2n) is 6.99. The van der Waals surface area contributed by atoms with Crippen molar-refractivity contribution >= 4 is 31.6 Å². The summed E-state index contributed by atoms with van der Waals surface area (Å²) in [4.78, 5) is 0.433. The van der Waals surface area contributed by atoms with Crippen molar-refractivity contribution < 1.29 is 16.8 Å². The molecule has 1 saturated heterocycles. The van der Waals surface area contributed by atoms with Crippen molar-refractivity contribution in [3.8, 4) is 0 Å². The number of nitrogens with zero attached hydrogens (tertiary/aromatic N) is 2. The minimum atomic E-state index is -3.72. The second-order valence-corrected chi connectivity index (χ2v) is 11.2. The van der Waals surface area contributed by atoms with E-state index < -0.39 is 20.0 Å². The Morgan fingerprint density at radius 3 is 1.79 bits per heavy atom. The third kappa shape index (κ3) is 3.97. The SMILES string of the molecule is Cc1ccc(S(=O)(=O)N2CCN(S(=O)(=O)c3cc(C)c(Cl)cc3C)CC2)cc1. The number of rotatable bonds is 4. The molecule has 9 heteroatoms. The van der Waals surface area contributed by atoms with E-state index in [0.717, 1.165) is 5.56 Å². The molecule has 0 unspecified atom stereocenters. The Kier molecular flexibility index (Phi) is 5.89. The van der Waals surface area contributed by atoms with Gasteiger partial charge in [-0.1, -0.05) is 29.3 Å². The molecule has 1 aliphatic rings. The maximum absolute atomic E-state index is 13.1. The summed E-state index contributed by atoms with van der Waals surface area (Å²) in [6, 6.07) is 9.87. The molecule has 0 spiro atoms. The normalized spacial score (nSPS) is 17.0. The average Bonchev–Trinajstić information content (AvgIpc) is 2.65. The first-order chi connectivity index (χ1) is 13.0. The van der Waals surface area contributed by atoms with E-state index in [4.69, 9.17) is 11.6 Å². The Morgan fingerprint density at radius 2 is 1.25 bits per heavy atom. The van der Waals surface area contributed by atoms with Gasteiger partial charge in [-0.05, 0) is 56.2 Å². The van der Waals surface area contributed by atoms with Gasteiger partial charge in [-0.2, -0.15) is 8.61 Å². The molecule has 0 radical (unpaired) electrons. The fraction of sp³-hybridized carbons (Fsp3) is 0.368. The Hall–Kier alpha value is -1.45. The van der Waals surface area contributed by atoms with E-state index in [-0.39, 0.29) is 36.0 Å². The maximum atomic E-state index is 13.1. The monoisotopic (exact) mass is 442 g/mol. The van der Waals surface area contributed by atoms with Crippen LogP contribution in [0.15, 0.2) is 46.2 Å². The maximum Gasteiger partial charge on any atom is 0.243 e. The summed E-state index contributed by atoms with van der Waals surface area (Å²) in [5.74, 6) is 0. The predicted molar refractivity (Wildman–Crippen MR) is 110 cm³/mol. The number of aryl methyl sites for hydroxylation is 3. The smallest absolute Gasteiger partial charge is 0.207 e. The highest BCUT2D eigenvalue weighted by Crippen LogP contribution is 2.27. The first-order valence-electron chi connectivity index (χ1n) is 8.87. The van der Waals surface area contributed by atoms with Crippen LogP contribution in [0.4, 0.5) is 0 Å². The Labute approximate surface area is 171 Å². The number of sulfonamides is 2. The van der Waals surface area contributed by atoms with Crippen LogP contribution >= 0.6 is 11.6 Å². The first kappa shape index (κ1) is 21.3. The van der Waals surface area contributed by atoms with Crippen LogP contribution in [-0.2, 0) is 20.0 Å². The molecule has 3 rings (SSSR count). The number of halogens is 1. The summed E-state index contributed by atoms with van der Waals surface area (Å²) in [5.41, 5.74) is 2.24. The Balaban J connectivity index is 1.80. The van der Waals surface area contributed by atoms with Crippen molar-refractivity contribution in [3.63, 3.8) is 0 Å². The highest BCUT2D eigenvalue weighted by atomic mass is 35.5. The number of hydrogen-bond acceptors (Lipinski definition) is 4. The Bertz CT molecular complexity index is 1090. The fourth-order valence-electron chi connectivity index (χ4n) is 3.18. The van der Waals surface area contributed by atoms with Crippen LogP contribution < -0.4 is 0 Å². The van der Waals surface area contributed by atoms with E-state index in [1.54, 1.807) is 50.2 Å². The summed E-state index contributed by atoms with van der Waals surface area (Å²) in [7, 11) is -7.36. The number of hydrogen-bond donors (Lipinski definition) is 0. The van der Waals surface area contributed by atoms with Crippen molar-refractivity contribution in [2.45, 2.75) is 30.6 Å². The molecular weight excluding hydrogens is 420 g/mol. The summed E-state index contributed by atoms with van der Waals surface area (Å²) in [5, 5.41) is 0.519. The summed E-state index contributed by atoms with van der Waals surface area (Å²) in [6.07, 6.45) is 0. The lowest BCUT2D eigenvalue weighted by Crippen LogP contribution is -2.50. The first-order valence-corrected chi connectivity index (χ1v) is 12.1. The molecular formula is C19H23ClN2O4S2. The molecule has 0 saturated carbocycles. The van der Waals surface area contributed by atoms with Crippen LogP contribution in [0, 0.1) is 20.8 Å². The molecule has 0 atom stereocenters. The standard InChI is InChI=1S/C19H23ClN2O4S2/c1-14-4-6-17(7-5-14)27(23,24)21-8-10-22(11-9-21)28(25,26)19-13-15(2)18(20)12-16(19)3/h4-7,12-13H,8-11H2,1-3H3. The molecule has 6 nitrogen and oxygen atoms in total. The number of piperazine rings is 1. The van der Waals surface area contributed by atoms with Crippen molar-refractivity contribution in [2.75, 3.05) is 26.2 Å².